The number of benzene rings is 1. The minimum absolute atomic E-state index is 0.945. The van der Waals surface area contributed by atoms with Crippen LogP contribution in [0.1, 0.15) is 5.56 Å². The maximum absolute atomic E-state index is 4.66. The van der Waals surface area contributed by atoms with Crippen molar-refractivity contribution in [3.05, 3.63) is 36.5 Å². The summed E-state index contributed by atoms with van der Waals surface area (Å²) in [5.74, 6) is 0.945. The molecule has 0 amide bonds. The van der Waals surface area contributed by atoms with E-state index in [9.17, 15) is 0 Å². The van der Waals surface area contributed by atoms with E-state index in [2.05, 4.69) is 79.0 Å². The van der Waals surface area contributed by atoms with Gasteiger partial charge in [0.05, 0.1) is 13.9 Å². The Labute approximate surface area is 125 Å². The number of imidazole rings is 1. The lowest BCUT2D eigenvalue weighted by molar-refractivity contribution is 1.34. The maximum Gasteiger partial charge on any atom is 0.139 e. The van der Waals surface area contributed by atoms with Gasteiger partial charge in [0.15, 0.2) is 0 Å². The quantitative estimate of drug-likeness (QED) is 0.555. The summed E-state index contributed by atoms with van der Waals surface area (Å²) >= 11 is 7.57. The molecule has 2 nitrogen and oxygen atoms in total. The van der Waals surface area contributed by atoms with Gasteiger partial charge in [-0.1, -0.05) is 15.9 Å². The molecule has 2 aromatic heterocycles. The fourth-order valence-electron chi connectivity index (χ4n) is 1.82. The number of thiophene rings is 1. The summed E-state index contributed by atoms with van der Waals surface area (Å²) in [5.41, 5.74) is 4.46. The predicted molar refractivity (Wildman–Crippen MR) is 84.6 cm³/mol. The monoisotopic (exact) mass is 418 g/mol. The Balaban J connectivity index is 2.23. The van der Waals surface area contributed by atoms with Gasteiger partial charge < -0.3 is 4.98 Å². The first-order chi connectivity index (χ1) is 8.13. The highest BCUT2D eigenvalue weighted by atomic mass is 127. The van der Waals surface area contributed by atoms with Gasteiger partial charge in [-0.05, 0) is 53.3 Å². The van der Waals surface area contributed by atoms with Crippen LogP contribution in [0.3, 0.4) is 0 Å². The molecule has 1 aromatic carbocycles. The molecule has 0 saturated carbocycles. The normalized spacial score (nSPS) is 11.2. The van der Waals surface area contributed by atoms with Gasteiger partial charge in [-0.25, -0.2) is 4.98 Å². The SMILES string of the molecule is Cc1cc(Br)cc2[nH]c(-c3csc(I)c3)nc12. The Morgan fingerprint density at radius 3 is 2.88 bits per heavy atom. The van der Waals surface area contributed by atoms with E-state index < -0.39 is 0 Å². The number of aryl methyl sites for hydroxylation is 1. The largest absolute Gasteiger partial charge is 0.338 e. The molecule has 0 spiro atoms. The van der Waals surface area contributed by atoms with E-state index in [1.165, 1.54) is 8.45 Å². The highest BCUT2D eigenvalue weighted by Gasteiger charge is 2.09. The number of nitrogens with one attached hydrogen (secondary N) is 1. The van der Waals surface area contributed by atoms with Crippen molar-refractivity contribution >= 4 is 60.9 Å². The minimum Gasteiger partial charge on any atom is -0.338 e. The molecule has 0 aliphatic carbocycles. The molecule has 3 rings (SSSR count). The van der Waals surface area contributed by atoms with Crippen LogP contribution in [0.2, 0.25) is 0 Å². The number of aromatic amines is 1. The van der Waals surface area contributed by atoms with E-state index in [0.717, 1.165) is 26.9 Å². The summed E-state index contributed by atoms with van der Waals surface area (Å²) in [7, 11) is 0. The predicted octanol–water partition coefficient (Wildman–Crippen LogP) is 4.97. The van der Waals surface area contributed by atoms with Gasteiger partial charge in [0.2, 0.25) is 0 Å². The van der Waals surface area contributed by atoms with E-state index in [4.69, 9.17) is 0 Å². The molecular formula is C12H8BrIN2S. The molecule has 17 heavy (non-hydrogen) atoms. The van der Waals surface area contributed by atoms with Gasteiger partial charge in [0, 0.05) is 15.4 Å². The van der Waals surface area contributed by atoms with E-state index in [1.54, 1.807) is 11.3 Å². The second-order valence-corrected chi connectivity index (χ2v) is 7.56. The zero-order chi connectivity index (χ0) is 12.0. The topological polar surface area (TPSA) is 28.7 Å². The number of aromatic nitrogens is 2. The molecule has 0 unspecified atom stereocenters. The highest BCUT2D eigenvalue weighted by molar-refractivity contribution is 14.1. The molecule has 86 valence electrons. The number of halogens is 2. The molecule has 0 atom stereocenters. The van der Waals surface area contributed by atoms with Crippen LogP contribution in [-0.2, 0) is 0 Å². The first kappa shape index (κ1) is 11.7. The van der Waals surface area contributed by atoms with Crippen molar-refractivity contribution in [2.24, 2.45) is 0 Å². The second-order valence-electron chi connectivity index (χ2n) is 3.84. The number of rotatable bonds is 1. The van der Waals surface area contributed by atoms with Gasteiger partial charge in [0.25, 0.3) is 0 Å². The molecule has 0 aliphatic rings. The fourth-order valence-corrected chi connectivity index (χ4v) is 3.72. The Hall–Kier alpha value is -0.400. The molecular weight excluding hydrogens is 411 g/mol. The van der Waals surface area contributed by atoms with Gasteiger partial charge in [-0.3, -0.25) is 0 Å². The summed E-state index contributed by atoms with van der Waals surface area (Å²) in [4.78, 5) is 8.03. The Morgan fingerprint density at radius 2 is 2.18 bits per heavy atom. The molecule has 2 heterocycles. The first-order valence-electron chi connectivity index (χ1n) is 5.04. The molecule has 0 bridgehead atoms. The minimum atomic E-state index is 0.945. The van der Waals surface area contributed by atoms with Crippen LogP contribution < -0.4 is 0 Å². The Morgan fingerprint density at radius 1 is 1.35 bits per heavy atom. The van der Waals surface area contributed by atoms with Crippen LogP contribution in [0, 0.1) is 9.81 Å². The van der Waals surface area contributed by atoms with Gasteiger partial charge in [0.1, 0.15) is 5.82 Å². The van der Waals surface area contributed by atoms with E-state index in [1.807, 2.05) is 0 Å². The summed E-state index contributed by atoms with van der Waals surface area (Å²) in [6.45, 7) is 2.08. The highest BCUT2D eigenvalue weighted by Crippen LogP contribution is 2.28. The van der Waals surface area contributed by atoms with Crippen molar-refractivity contribution in [3.8, 4) is 11.4 Å². The third kappa shape index (κ3) is 2.15. The summed E-state index contributed by atoms with van der Waals surface area (Å²) in [6, 6.07) is 6.30. The molecule has 0 fully saturated rings. The number of hydrogen-bond donors (Lipinski definition) is 1. The second kappa shape index (κ2) is 4.37. The lowest BCUT2D eigenvalue weighted by atomic mass is 10.2. The van der Waals surface area contributed by atoms with Crippen LogP contribution in [0.15, 0.2) is 28.1 Å². The van der Waals surface area contributed by atoms with E-state index >= 15 is 0 Å². The smallest absolute Gasteiger partial charge is 0.139 e. The summed E-state index contributed by atoms with van der Waals surface area (Å²) in [5, 5.41) is 2.13. The van der Waals surface area contributed by atoms with Crippen molar-refractivity contribution < 1.29 is 0 Å². The third-order valence-electron chi connectivity index (χ3n) is 2.58. The maximum atomic E-state index is 4.66. The average molecular weight is 419 g/mol. The number of nitrogens with zero attached hydrogens (tertiary/aromatic N) is 1. The van der Waals surface area contributed by atoms with Crippen molar-refractivity contribution in [1.29, 1.82) is 0 Å². The van der Waals surface area contributed by atoms with Gasteiger partial charge in [-0.2, -0.15) is 0 Å². The molecule has 0 radical (unpaired) electrons. The number of H-pyrrole nitrogens is 1. The lowest BCUT2D eigenvalue weighted by Gasteiger charge is -1.94. The summed E-state index contributed by atoms with van der Waals surface area (Å²) in [6.07, 6.45) is 0. The van der Waals surface area contributed by atoms with Crippen molar-refractivity contribution in [2.45, 2.75) is 6.92 Å². The van der Waals surface area contributed by atoms with Crippen molar-refractivity contribution in [2.75, 3.05) is 0 Å². The van der Waals surface area contributed by atoms with Gasteiger partial charge in [-0.15, -0.1) is 11.3 Å². The zero-order valence-electron chi connectivity index (χ0n) is 8.92. The standard InChI is InChI=1S/C12H8BrIN2S/c1-6-2-8(13)4-9-11(6)16-12(15-9)7-3-10(14)17-5-7/h2-5H,1H3,(H,15,16). The van der Waals surface area contributed by atoms with Crippen molar-refractivity contribution in [3.63, 3.8) is 0 Å². The number of fused-ring (bicyclic) bond motifs is 1. The molecule has 5 heteroatoms. The number of hydrogen-bond acceptors (Lipinski definition) is 2. The molecule has 3 aromatic rings. The molecule has 0 aliphatic heterocycles. The third-order valence-corrected chi connectivity index (χ3v) is 4.83. The zero-order valence-corrected chi connectivity index (χ0v) is 13.5. The van der Waals surface area contributed by atoms with Crippen LogP contribution >= 0.6 is 49.9 Å². The average Bonchev–Trinajstić information content (AvgIpc) is 2.83. The Kier molecular flexibility index (Phi) is 3.00. The fraction of sp³-hybridized carbons (Fsp3) is 0.0833. The van der Waals surface area contributed by atoms with E-state index in [-0.39, 0.29) is 0 Å². The molecule has 0 saturated heterocycles. The van der Waals surface area contributed by atoms with Crippen molar-refractivity contribution in [1.82, 2.24) is 9.97 Å². The van der Waals surface area contributed by atoms with Crippen LogP contribution in [0.25, 0.3) is 22.4 Å². The lowest BCUT2D eigenvalue weighted by Crippen LogP contribution is -1.77. The Bertz CT molecular complexity index is 702. The summed E-state index contributed by atoms with van der Waals surface area (Å²) < 4.78 is 2.36. The van der Waals surface area contributed by atoms with Crippen LogP contribution in [0.5, 0.6) is 0 Å². The first-order valence-corrected chi connectivity index (χ1v) is 7.79. The van der Waals surface area contributed by atoms with E-state index in [0.29, 0.717) is 0 Å². The van der Waals surface area contributed by atoms with Crippen LogP contribution in [0.4, 0.5) is 0 Å². The molecule has 1 N–H and O–H groups in total. The van der Waals surface area contributed by atoms with Crippen LogP contribution in [-0.4, -0.2) is 9.97 Å². The van der Waals surface area contributed by atoms with Gasteiger partial charge >= 0.3 is 0 Å².